The molecule has 1 aliphatic rings. The number of hydrogen-bond acceptors (Lipinski definition) is 4. The summed E-state index contributed by atoms with van der Waals surface area (Å²) in [6.07, 6.45) is 6.16. The van der Waals surface area contributed by atoms with E-state index in [0.717, 1.165) is 23.5 Å². The van der Waals surface area contributed by atoms with E-state index in [-0.39, 0.29) is 0 Å². The molecule has 1 atom stereocenters. The third kappa shape index (κ3) is 4.18. The Bertz CT molecular complexity index is 386. The highest BCUT2D eigenvalue weighted by Gasteiger charge is 2.20. The SMILES string of the molecule is CC(C)C1CCCN(Cc2cnc(N(C)C)s2)CC1. The van der Waals surface area contributed by atoms with Crippen molar-refractivity contribution >= 4 is 16.5 Å². The van der Waals surface area contributed by atoms with Gasteiger partial charge >= 0.3 is 0 Å². The second-order valence-electron chi connectivity index (χ2n) is 6.21. The normalized spacial score (nSPS) is 21.6. The van der Waals surface area contributed by atoms with Gasteiger partial charge in [-0.3, -0.25) is 4.90 Å². The van der Waals surface area contributed by atoms with Crippen LogP contribution in [-0.2, 0) is 6.54 Å². The molecular formula is C15H27N3S. The minimum atomic E-state index is 0.837. The first-order valence-electron chi connectivity index (χ1n) is 7.40. The molecule has 1 unspecified atom stereocenters. The van der Waals surface area contributed by atoms with Crippen LogP contribution >= 0.6 is 11.3 Å². The number of likely N-dealkylation sites (tertiary alicyclic amines) is 1. The Balaban J connectivity index is 1.88. The van der Waals surface area contributed by atoms with Crippen LogP contribution in [0, 0.1) is 11.8 Å². The third-order valence-electron chi connectivity index (χ3n) is 4.11. The summed E-state index contributed by atoms with van der Waals surface area (Å²) in [5, 5.41) is 1.12. The fraction of sp³-hybridized carbons (Fsp3) is 0.800. The van der Waals surface area contributed by atoms with Crippen molar-refractivity contribution in [3.8, 4) is 0 Å². The van der Waals surface area contributed by atoms with Gasteiger partial charge in [0.05, 0.1) is 0 Å². The van der Waals surface area contributed by atoms with Gasteiger partial charge in [-0.05, 0) is 44.2 Å². The van der Waals surface area contributed by atoms with Gasteiger partial charge in [-0.15, -0.1) is 11.3 Å². The van der Waals surface area contributed by atoms with Gasteiger partial charge in [0.1, 0.15) is 0 Å². The number of rotatable bonds is 4. The summed E-state index contributed by atoms with van der Waals surface area (Å²) in [6, 6.07) is 0. The summed E-state index contributed by atoms with van der Waals surface area (Å²) in [6.45, 7) is 8.31. The highest BCUT2D eigenvalue weighted by molar-refractivity contribution is 7.15. The number of nitrogens with zero attached hydrogens (tertiary/aromatic N) is 3. The van der Waals surface area contributed by atoms with Crippen molar-refractivity contribution in [3.63, 3.8) is 0 Å². The van der Waals surface area contributed by atoms with Crippen LogP contribution in [0.5, 0.6) is 0 Å². The summed E-state index contributed by atoms with van der Waals surface area (Å²) in [4.78, 5) is 10.6. The second kappa shape index (κ2) is 6.71. The Hall–Kier alpha value is -0.610. The van der Waals surface area contributed by atoms with E-state index in [1.54, 1.807) is 0 Å². The molecule has 0 amide bonds. The molecule has 2 rings (SSSR count). The lowest BCUT2D eigenvalue weighted by molar-refractivity contribution is 0.266. The van der Waals surface area contributed by atoms with Gasteiger partial charge in [0, 0.05) is 31.7 Å². The smallest absolute Gasteiger partial charge is 0.185 e. The van der Waals surface area contributed by atoms with Crippen molar-refractivity contribution < 1.29 is 0 Å². The molecule has 108 valence electrons. The first-order valence-corrected chi connectivity index (χ1v) is 8.22. The molecule has 0 N–H and O–H groups in total. The minimum Gasteiger partial charge on any atom is -0.354 e. The predicted octanol–water partition coefficient (Wildman–Crippen LogP) is 3.47. The van der Waals surface area contributed by atoms with Crippen LogP contribution in [0.4, 0.5) is 5.13 Å². The van der Waals surface area contributed by atoms with Gasteiger partial charge in [-0.25, -0.2) is 4.98 Å². The van der Waals surface area contributed by atoms with Crippen LogP contribution in [-0.4, -0.2) is 37.1 Å². The van der Waals surface area contributed by atoms with Crippen LogP contribution in [0.25, 0.3) is 0 Å². The number of aromatic nitrogens is 1. The molecule has 19 heavy (non-hydrogen) atoms. The average molecular weight is 281 g/mol. The Morgan fingerprint density at radius 2 is 2.16 bits per heavy atom. The van der Waals surface area contributed by atoms with Gasteiger partial charge in [0.25, 0.3) is 0 Å². The Kier molecular flexibility index (Phi) is 5.22. The molecule has 0 radical (unpaired) electrons. The van der Waals surface area contributed by atoms with Crippen LogP contribution in [0.15, 0.2) is 6.20 Å². The fourth-order valence-electron chi connectivity index (χ4n) is 2.80. The van der Waals surface area contributed by atoms with Gasteiger partial charge in [0.15, 0.2) is 5.13 Å². The summed E-state index contributed by atoms with van der Waals surface area (Å²) < 4.78 is 0. The third-order valence-corrected chi connectivity index (χ3v) is 5.26. The minimum absolute atomic E-state index is 0.837. The molecule has 1 aromatic rings. The molecule has 0 saturated carbocycles. The molecule has 0 aliphatic carbocycles. The van der Waals surface area contributed by atoms with Gasteiger partial charge < -0.3 is 4.90 Å². The van der Waals surface area contributed by atoms with Gasteiger partial charge in [0.2, 0.25) is 0 Å². The molecular weight excluding hydrogens is 254 g/mol. The molecule has 0 aromatic carbocycles. The zero-order valence-electron chi connectivity index (χ0n) is 12.7. The molecule has 1 saturated heterocycles. The zero-order valence-corrected chi connectivity index (χ0v) is 13.5. The maximum atomic E-state index is 4.47. The second-order valence-corrected chi connectivity index (χ2v) is 7.31. The maximum Gasteiger partial charge on any atom is 0.185 e. The van der Waals surface area contributed by atoms with E-state index in [1.807, 2.05) is 17.5 Å². The molecule has 0 bridgehead atoms. The van der Waals surface area contributed by atoms with Crippen molar-refractivity contribution in [2.24, 2.45) is 11.8 Å². The lowest BCUT2D eigenvalue weighted by Crippen LogP contribution is -2.24. The van der Waals surface area contributed by atoms with E-state index >= 15 is 0 Å². The molecule has 3 nitrogen and oxygen atoms in total. The van der Waals surface area contributed by atoms with Gasteiger partial charge in [-0.2, -0.15) is 0 Å². The lowest BCUT2D eigenvalue weighted by Gasteiger charge is -2.20. The van der Waals surface area contributed by atoms with Crippen LogP contribution in [0.1, 0.15) is 38.0 Å². The summed E-state index contributed by atoms with van der Waals surface area (Å²) in [5.41, 5.74) is 0. The van der Waals surface area contributed by atoms with E-state index in [0.29, 0.717) is 0 Å². The topological polar surface area (TPSA) is 19.4 Å². The summed E-state index contributed by atoms with van der Waals surface area (Å²) in [7, 11) is 4.11. The number of hydrogen-bond donors (Lipinski definition) is 0. The summed E-state index contributed by atoms with van der Waals surface area (Å²) in [5.74, 6) is 1.76. The van der Waals surface area contributed by atoms with Crippen molar-refractivity contribution in [1.82, 2.24) is 9.88 Å². The highest BCUT2D eigenvalue weighted by atomic mass is 32.1. The van der Waals surface area contributed by atoms with Crippen LogP contribution in [0.3, 0.4) is 0 Å². The molecule has 0 spiro atoms. The highest BCUT2D eigenvalue weighted by Crippen LogP contribution is 2.27. The van der Waals surface area contributed by atoms with E-state index < -0.39 is 0 Å². The molecule has 1 aliphatic heterocycles. The van der Waals surface area contributed by atoms with Crippen LogP contribution in [0.2, 0.25) is 0 Å². The largest absolute Gasteiger partial charge is 0.354 e. The van der Waals surface area contributed by atoms with Crippen molar-refractivity contribution in [2.45, 2.75) is 39.7 Å². The first-order chi connectivity index (χ1) is 9.06. The predicted molar refractivity (Wildman–Crippen MR) is 83.9 cm³/mol. The molecule has 4 heteroatoms. The van der Waals surface area contributed by atoms with Crippen molar-refractivity contribution in [1.29, 1.82) is 0 Å². The fourth-order valence-corrected chi connectivity index (χ4v) is 3.68. The maximum absolute atomic E-state index is 4.47. The molecule has 2 heterocycles. The van der Waals surface area contributed by atoms with E-state index in [4.69, 9.17) is 0 Å². The Morgan fingerprint density at radius 1 is 1.37 bits per heavy atom. The molecule has 1 aromatic heterocycles. The zero-order chi connectivity index (χ0) is 13.8. The Labute approximate surface area is 121 Å². The first kappa shape index (κ1) is 14.8. The van der Waals surface area contributed by atoms with Crippen molar-refractivity contribution in [3.05, 3.63) is 11.1 Å². The monoisotopic (exact) mass is 281 g/mol. The average Bonchev–Trinajstić information content (AvgIpc) is 2.68. The lowest BCUT2D eigenvalue weighted by atomic mass is 9.89. The summed E-state index contributed by atoms with van der Waals surface area (Å²) >= 11 is 1.82. The van der Waals surface area contributed by atoms with E-state index in [9.17, 15) is 0 Å². The Morgan fingerprint density at radius 3 is 2.79 bits per heavy atom. The molecule has 1 fully saturated rings. The standard InChI is InChI=1S/C15H27N3S/c1-12(2)13-6-5-8-18(9-7-13)11-14-10-16-15(19-14)17(3)4/h10,12-13H,5-9,11H2,1-4H3. The number of anilines is 1. The van der Waals surface area contributed by atoms with Gasteiger partial charge in [-0.1, -0.05) is 13.8 Å². The van der Waals surface area contributed by atoms with Crippen LogP contribution < -0.4 is 4.90 Å². The van der Waals surface area contributed by atoms with Crippen molar-refractivity contribution in [2.75, 3.05) is 32.1 Å². The quantitative estimate of drug-likeness (QED) is 0.842. The van der Waals surface area contributed by atoms with E-state index in [2.05, 4.69) is 42.7 Å². The van der Waals surface area contributed by atoms with E-state index in [1.165, 1.54) is 37.2 Å². The number of thiazole rings is 1.